The summed E-state index contributed by atoms with van der Waals surface area (Å²) in [6.07, 6.45) is 11.6. The summed E-state index contributed by atoms with van der Waals surface area (Å²) in [5.41, 5.74) is 1.20. The SMILES string of the molecule is O=C(CCc1cccc(OC2CCCC2)c1)N1CCOC2CCCCC21. The fourth-order valence-corrected chi connectivity index (χ4v) is 4.77. The van der Waals surface area contributed by atoms with E-state index in [2.05, 4.69) is 23.1 Å². The van der Waals surface area contributed by atoms with Crippen molar-refractivity contribution in [3.8, 4) is 5.75 Å². The maximum Gasteiger partial charge on any atom is 0.223 e. The van der Waals surface area contributed by atoms with E-state index in [4.69, 9.17) is 9.47 Å². The van der Waals surface area contributed by atoms with Crippen LogP contribution >= 0.6 is 0 Å². The molecule has 2 saturated carbocycles. The topological polar surface area (TPSA) is 38.8 Å². The standard InChI is InChI=1S/C22H31NO3/c24-22(23-14-15-25-21-11-4-3-10-20(21)23)13-12-17-6-5-9-19(16-17)26-18-7-1-2-8-18/h5-6,9,16,18,20-21H,1-4,7-8,10-15H2. The number of carbonyl (C=O) groups excluding carboxylic acids is 1. The van der Waals surface area contributed by atoms with Crippen molar-refractivity contribution in [2.24, 2.45) is 0 Å². The van der Waals surface area contributed by atoms with Gasteiger partial charge in [-0.25, -0.2) is 0 Å². The van der Waals surface area contributed by atoms with E-state index in [1.165, 1.54) is 44.1 Å². The number of aryl methyl sites for hydroxylation is 1. The zero-order valence-electron chi connectivity index (χ0n) is 15.7. The van der Waals surface area contributed by atoms with E-state index in [1.807, 2.05) is 6.07 Å². The molecule has 0 aromatic heterocycles. The molecule has 0 radical (unpaired) electrons. The zero-order valence-corrected chi connectivity index (χ0v) is 15.7. The predicted octanol–water partition coefficient (Wildman–Crippen LogP) is 4.11. The summed E-state index contributed by atoms with van der Waals surface area (Å²) in [4.78, 5) is 14.9. The summed E-state index contributed by atoms with van der Waals surface area (Å²) in [7, 11) is 0. The Bertz CT molecular complexity index is 609. The highest BCUT2D eigenvalue weighted by atomic mass is 16.5. The molecular formula is C22H31NO3. The quantitative estimate of drug-likeness (QED) is 0.796. The molecule has 1 heterocycles. The van der Waals surface area contributed by atoms with E-state index >= 15 is 0 Å². The van der Waals surface area contributed by atoms with Crippen LogP contribution in [0.15, 0.2) is 24.3 Å². The molecule has 4 nitrogen and oxygen atoms in total. The molecule has 142 valence electrons. The molecule has 1 aliphatic heterocycles. The summed E-state index contributed by atoms with van der Waals surface area (Å²) in [5.74, 6) is 1.24. The van der Waals surface area contributed by atoms with Gasteiger partial charge in [0.15, 0.2) is 0 Å². The molecule has 1 aromatic carbocycles. The Morgan fingerprint density at radius 3 is 2.81 bits per heavy atom. The minimum Gasteiger partial charge on any atom is -0.490 e. The average molecular weight is 357 g/mol. The van der Waals surface area contributed by atoms with E-state index < -0.39 is 0 Å². The molecule has 1 amide bonds. The molecule has 3 fully saturated rings. The number of fused-ring (bicyclic) bond motifs is 1. The monoisotopic (exact) mass is 357 g/mol. The second kappa shape index (κ2) is 8.43. The second-order valence-corrected chi connectivity index (χ2v) is 8.02. The Morgan fingerprint density at radius 2 is 1.92 bits per heavy atom. The lowest BCUT2D eigenvalue weighted by Crippen LogP contribution is -2.54. The van der Waals surface area contributed by atoms with Gasteiger partial charge < -0.3 is 14.4 Å². The molecular weight excluding hydrogens is 326 g/mol. The van der Waals surface area contributed by atoms with Crippen LogP contribution in [0.3, 0.4) is 0 Å². The number of benzene rings is 1. The van der Waals surface area contributed by atoms with Gasteiger partial charge in [0.2, 0.25) is 5.91 Å². The van der Waals surface area contributed by atoms with E-state index in [-0.39, 0.29) is 12.0 Å². The number of amides is 1. The van der Waals surface area contributed by atoms with Crippen molar-refractivity contribution >= 4 is 5.91 Å². The van der Waals surface area contributed by atoms with E-state index in [0.717, 1.165) is 31.6 Å². The summed E-state index contributed by atoms with van der Waals surface area (Å²) >= 11 is 0. The van der Waals surface area contributed by atoms with Gasteiger partial charge in [-0.15, -0.1) is 0 Å². The van der Waals surface area contributed by atoms with Gasteiger partial charge in [0.25, 0.3) is 0 Å². The third-order valence-electron chi connectivity index (χ3n) is 6.18. The highest BCUT2D eigenvalue weighted by Gasteiger charge is 2.36. The van der Waals surface area contributed by atoms with Crippen LogP contribution in [0, 0.1) is 0 Å². The van der Waals surface area contributed by atoms with Crippen LogP contribution in [0.25, 0.3) is 0 Å². The van der Waals surface area contributed by atoms with Crippen LogP contribution in [0.5, 0.6) is 5.75 Å². The summed E-state index contributed by atoms with van der Waals surface area (Å²) in [6, 6.07) is 8.63. The smallest absolute Gasteiger partial charge is 0.223 e. The van der Waals surface area contributed by atoms with Crippen molar-refractivity contribution in [3.63, 3.8) is 0 Å². The summed E-state index contributed by atoms with van der Waals surface area (Å²) in [6.45, 7) is 1.45. The lowest BCUT2D eigenvalue weighted by Gasteiger charge is -2.43. The molecule has 2 aliphatic carbocycles. The molecule has 3 aliphatic rings. The van der Waals surface area contributed by atoms with Crippen molar-refractivity contribution in [2.45, 2.75) is 82.5 Å². The number of morpholine rings is 1. The predicted molar refractivity (Wildman–Crippen MR) is 101 cm³/mol. The van der Waals surface area contributed by atoms with Crippen LogP contribution in [-0.4, -0.2) is 42.2 Å². The molecule has 2 atom stereocenters. The number of carbonyl (C=O) groups is 1. The lowest BCUT2D eigenvalue weighted by atomic mass is 9.90. The Labute approximate surface area is 156 Å². The Balaban J connectivity index is 1.32. The summed E-state index contributed by atoms with van der Waals surface area (Å²) < 4.78 is 12.0. The van der Waals surface area contributed by atoms with Gasteiger partial charge in [-0.2, -0.15) is 0 Å². The summed E-state index contributed by atoms with van der Waals surface area (Å²) in [5, 5.41) is 0. The molecule has 26 heavy (non-hydrogen) atoms. The van der Waals surface area contributed by atoms with Crippen molar-refractivity contribution in [1.82, 2.24) is 4.90 Å². The number of hydrogen-bond acceptors (Lipinski definition) is 3. The minimum atomic E-state index is 0.268. The van der Waals surface area contributed by atoms with Crippen LogP contribution in [0.1, 0.15) is 63.4 Å². The fraction of sp³-hybridized carbons (Fsp3) is 0.682. The van der Waals surface area contributed by atoms with Crippen LogP contribution in [0.2, 0.25) is 0 Å². The Hall–Kier alpha value is -1.55. The highest BCUT2D eigenvalue weighted by Crippen LogP contribution is 2.29. The van der Waals surface area contributed by atoms with Gasteiger partial charge in [-0.3, -0.25) is 4.79 Å². The van der Waals surface area contributed by atoms with Crippen molar-refractivity contribution in [1.29, 1.82) is 0 Å². The number of hydrogen-bond donors (Lipinski definition) is 0. The first-order valence-corrected chi connectivity index (χ1v) is 10.5. The highest BCUT2D eigenvalue weighted by molar-refractivity contribution is 5.77. The first kappa shape index (κ1) is 17.8. The molecule has 1 aromatic rings. The molecule has 4 heteroatoms. The van der Waals surface area contributed by atoms with Crippen LogP contribution in [0.4, 0.5) is 0 Å². The van der Waals surface area contributed by atoms with Gasteiger partial charge in [0.05, 0.1) is 24.9 Å². The largest absolute Gasteiger partial charge is 0.490 e. The lowest BCUT2D eigenvalue weighted by molar-refractivity contribution is -0.149. The molecule has 0 bridgehead atoms. The van der Waals surface area contributed by atoms with Crippen molar-refractivity contribution in [3.05, 3.63) is 29.8 Å². The first-order chi connectivity index (χ1) is 12.8. The van der Waals surface area contributed by atoms with Crippen molar-refractivity contribution in [2.75, 3.05) is 13.2 Å². The number of rotatable bonds is 5. The van der Waals surface area contributed by atoms with E-state index in [1.54, 1.807) is 0 Å². The molecule has 0 spiro atoms. The first-order valence-electron chi connectivity index (χ1n) is 10.5. The average Bonchev–Trinajstić information content (AvgIpc) is 3.19. The normalized spacial score (nSPS) is 26.5. The van der Waals surface area contributed by atoms with Gasteiger partial charge >= 0.3 is 0 Å². The molecule has 1 saturated heterocycles. The molecule has 4 rings (SSSR count). The Morgan fingerprint density at radius 1 is 1.12 bits per heavy atom. The number of nitrogens with zero attached hydrogens (tertiary/aromatic N) is 1. The third-order valence-corrected chi connectivity index (χ3v) is 6.18. The maximum absolute atomic E-state index is 12.8. The Kier molecular flexibility index (Phi) is 5.78. The fourth-order valence-electron chi connectivity index (χ4n) is 4.77. The van der Waals surface area contributed by atoms with Gasteiger partial charge in [-0.1, -0.05) is 25.0 Å². The number of ether oxygens (including phenoxy) is 2. The van der Waals surface area contributed by atoms with Crippen LogP contribution in [-0.2, 0) is 16.0 Å². The van der Waals surface area contributed by atoms with Crippen LogP contribution < -0.4 is 4.74 Å². The maximum atomic E-state index is 12.8. The van der Waals surface area contributed by atoms with Gasteiger partial charge in [0.1, 0.15) is 5.75 Å². The third kappa shape index (κ3) is 4.22. The molecule has 0 N–H and O–H groups in total. The minimum absolute atomic E-state index is 0.268. The zero-order chi connectivity index (χ0) is 17.8. The van der Waals surface area contributed by atoms with Crippen molar-refractivity contribution < 1.29 is 14.3 Å². The van der Waals surface area contributed by atoms with E-state index in [0.29, 0.717) is 25.2 Å². The second-order valence-electron chi connectivity index (χ2n) is 8.02. The molecule has 2 unspecified atom stereocenters. The van der Waals surface area contributed by atoms with E-state index in [9.17, 15) is 4.79 Å². The van der Waals surface area contributed by atoms with Gasteiger partial charge in [-0.05, 0) is 62.6 Å². The van der Waals surface area contributed by atoms with Gasteiger partial charge in [0, 0.05) is 13.0 Å².